The molecule has 0 radical (unpaired) electrons. The van der Waals surface area contributed by atoms with Crippen LogP contribution in [0, 0.1) is 58.2 Å². The number of hydrogen-bond donors (Lipinski definition) is 0. The maximum Gasteiger partial charge on any atom is 0.302 e. The Kier molecular flexibility index (Phi) is 7.67. The molecule has 0 amide bonds. The van der Waals surface area contributed by atoms with Crippen molar-refractivity contribution in [2.75, 3.05) is 0 Å². The molecule has 0 spiro atoms. The van der Waals surface area contributed by atoms with Crippen LogP contribution in [-0.2, 0) is 9.53 Å². The summed E-state index contributed by atoms with van der Waals surface area (Å²) in [4.78, 5) is 11.7. The Hall–Kier alpha value is -0.790. The fraction of sp³-hybridized carbons (Fsp3) is 0.906. The Balaban J connectivity index is 1.49. The molecule has 0 aromatic rings. The zero-order chi connectivity index (χ0) is 24.8. The van der Waals surface area contributed by atoms with Gasteiger partial charge in [-0.2, -0.15) is 0 Å². The second kappa shape index (κ2) is 9.93. The Bertz CT molecular complexity index is 767. The smallest absolute Gasteiger partial charge is 0.302 e. The van der Waals surface area contributed by atoms with Crippen molar-refractivity contribution in [2.24, 2.45) is 58.2 Å². The van der Waals surface area contributed by atoms with Crippen LogP contribution in [0.3, 0.4) is 0 Å². The molecule has 0 aliphatic heterocycles. The van der Waals surface area contributed by atoms with Gasteiger partial charge in [-0.1, -0.05) is 73.0 Å². The highest BCUT2D eigenvalue weighted by molar-refractivity contribution is 5.66. The molecule has 0 heterocycles. The fourth-order valence-corrected chi connectivity index (χ4v) is 9.97. The number of hydrogen-bond acceptors (Lipinski definition) is 2. The van der Waals surface area contributed by atoms with Crippen molar-refractivity contribution in [3.8, 4) is 0 Å². The van der Waals surface area contributed by atoms with Gasteiger partial charge in [-0.15, -0.1) is 0 Å². The van der Waals surface area contributed by atoms with Gasteiger partial charge in [-0.3, -0.25) is 4.79 Å². The highest BCUT2D eigenvalue weighted by Gasteiger charge is 2.59. The molecule has 0 bridgehead atoms. The summed E-state index contributed by atoms with van der Waals surface area (Å²) >= 11 is 0. The molecule has 0 N–H and O–H groups in total. The lowest BCUT2D eigenvalue weighted by Gasteiger charge is -2.59. The van der Waals surface area contributed by atoms with E-state index in [1.54, 1.807) is 6.92 Å². The van der Waals surface area contributed by atoms with E-state index in [0.717, 1.165) is 41.9 Å². The first kappa shape index (κ1) is 26.3. The predicted octanol–water partition coefficient (Wildman–Crippen LogP) is 8.84. The van der Waals surface area contributed by atoms with Gasteiger partial charge in [0.1, 0.15) is 6.10 Å². The van der Waals surface area contributed by atoms with Crippen molar-refractivity contribution in [2.45, 2.75) is 126 Å². The van der Waals surface area contributed by atoms with Crippen LogP contribution in [0.1, 0.15) is 120 Å². The summed E-state index contributed by atoms with van der Waals surface area (Å²) in [5, 5.41) is 0. The monoisotopic (exact) mass is 470 g/mol. The van der Waals surface area contributed by atoms with Gasteiger partial charge in [0.05, 0.1) is 0 Å². The molecule has 194 valence electrons. The van der Waals surface area contributed by atoms with Gasteiger partial charge in [0.25, 0.3) is 0 Å². The number of rotatable bonds is 7. The number of allylic oxidation sites excluding steroid dienone is 2. The first-order valence-electron chi connectivity index (χ1n) is 14.9. The van der Waals surface area contributed by atoms with Gasteiger partial charge in [-0.05, 0) is 110 Å². The van der Waals surface area contributed by atoms with Gasteiger partial charge in [0.2, 0.25) is 0 Å². The van der Waals surface area contributed by atoms with Gasteiger partial charge in [-0.25, -0.2) is 0 Å². The van der Waals surface area contributed by atoms with Crippen LogP contribution in [0.2, 0.25) is 0 Å². The quantitative estimate of drug-likeness (QED) is 0.274. The largest absolute Gasteiger partial charge is 0.462 e. The minimum Gasteiger partial charge on any atom is -0.462 e. The minimum atomic E-state index is -0.106. The van der Waals surface area contributed by atoms with E-state index in [2.05, 4.69) is 54.5 Å². The Labute approximate surface area is 211 Å². The van der Waals surface area contributed by atoms with Crippen LogP contribution in [0.15, 0.2) is 11.6 Å². The van der Waals surface area contributed by atoms with Gasteiger partial charge in [0.15, 0.2) is 0 Å². The normalized spacial score (nSPS) is 43.4. The summed E-state index contributed by atoms with van der Waals surface area (Å²) in [6, 6.07) is 0. The average molecular weight is 471 g/mol. The third kappa shape index (κ3) is 4.43. The Morgan fingerprint density at radius 3 is 2.35 bits per heavy atom. The maximum atomic E-state index is 11.7. The summed E-state index contributed by atoms with van der Waals surface area (Å²) in [6.07, 6.45) is 16.1. The summed E-state index contributed by atoms with van der Waals surface area (Å²) in [5.74, 6) is 6.04. The van der Waals surface area contributed by atoms with E-state index in [1.165, 1.54) is 57.8 Å². The lowest BCUT2D eigenvalue weighted by atomic mass is 9.46. The van der Waals surface area contributed by atoms with E-state index < -0.39 is 0 Å². The van der Waals surface area contributed by atoms with Crippen molar-refractivity contribution in [3.63, 3.8) is 0 Å². The highest BCUT2D eigenvalue weighted by Crippen LogP contribution is 2.67. The topological polar surface area (TPSA) is 26.3 Å². The molecule has 2 nitrogen and oxygen atoms in total. The molecule has 0 aromatic heterocycles. The molecule has 3 saturated carbocycles. The van der Waals surface area contributed by atoms with Crippen molar-refractivity contribution in [1.29, 1.82) is 0 Å². The number of ether oxygens (including phenoxy) is 1. The maximum absolute atomic E-state index is 11.7. The first-order chi connectivity index (χ1) is 16.0. The van der Waals surface area contributed by atoms with Crippen LogP contribution >= 0.6 is 0 Å². The zero-order valence-corrected chi connectivity index (χ0v) is 23.7. The second-order valence-corrected chi connectivity index (χ2v) is 13.9. The Morgan fingerprint density at radius 2 is 1.71 bits per heavy atom. The standard InChI is InChI=1S/C32H54O2/c1-9-24(20(2)3)11-10-21(4)26-14-15-28-25-12-13-27-22(5)30(34-23(6)33)17-19-32(27,8)29(25)16-18-31(26,28)7/h12,20-22,24,26-30H,9-11,13-19H2,1-8H3/t21-,22+,24+,26-,27+,28+,29+,30+,31-,32+/m1/s1. The highest BCUT2D eigenvalue weighted by atomic mass is 16.5. The molecular formula is C32H54O2. The molecule has 10 atom stereocenters. The molecule has 0 saturated heterocycles. The lowest BCUT2D eigenvalue weighted by molar-refractivity contribution is -0.158. The third-order valence-electron chi connectivity index (χ3n) is 12.1. The van der Waals surface area contributed by atoms with Gasteiger partial charge in [0, 0.05) is 6.92 Å². The molecule has 34 heavy (non-hydrogen) atoms. The summed E-state index contributed by atoms with van der Waals surface area (Å²) < 4.78 is 5.76. The molecular weight excluding hydrogens is 416 g/mol. The summed E-state index contributed by atoms with van der Waals surface area (Å²) in [5.41, 5.74) is 2.75. The lowest BCUT2D eigenvalue weighted by Crippen LogP contribution is -2.53. The van der Waals surface area contributed by atoms with Crippen LogP contribution in [-0.4, -0.2) is 12.1 Å². The molecule has 2 heteroatoms. The van der Waals surface area contributed by atoms with E-state index in [4.69, 9.17) is 4.74 Å². The fourth-order valence-electron chi connectivity index (χ4n) is 9.97. The summed E-state index contributed by atoms with van der Waals surface area (Å²) in [6.45, 7) is 19.0. The van der Waals surface area contributed by atoms with E-state index in [9.17, 15) is 4.79 Å². The first-order valence-corrected chi connectivity index (χ1v) is 14.9. The van der Waals surface area contributed by atoms with E-state index >= 15 is 0 Å². The SMILES string of the molecule is CC[C@@H](CC[C@@H](C)[C@H]1CC[C@H]2C3=CC[C@H]4[C@H](C)[C@@H](OC(C)=O)CC[C@]4(C)[C@H]3CC[C@]12C)C(C)C. The molecule has 4 rings (SSSR count). The summed E-state index contributed by atoms with van der Waals surface area (Å²) in [7, 11) is 0. The van der Waals surface area contributed by atoms with Crippen LogP contribution in [0.25, 0.3) is 0 Å². The molecule has 0 aromatic carbocycles. The number of carbonyl (C=O) groups is 1. The predicted molar refractivity (Wildman–Crippen MR) is 142 cm³/mol. The number of carbonyl (C=O) groups excluding carboxylic acids is 1. The molecule has 4 aliphatic carbocycles. The zero-order valence-electron chi connectivity index (χ0n) is 23.7. The van der Waals surface area contributed by atoms with Crippen molar-refractivity contribution < 1.29 is 9.53 Å². The van der Waals surface area contributed by atoms with Crippen LogP contribution < -0.4 is 0 Å². The van der Waals surface area contributed by atoms with E-state index in [0.29, 0.717) is 22.7 Å². The number of fused-ring (bicyclic) bond motifs is 5. The molecule has 0 unspecified atom stereocenters. The Morgan fingerprint density at radius 1 is 1.03 bits per heavy atom. The van der Waals surface area contributed by atoms with Gasteiger partial charge < -0.3 is 4.74 Å². The van der Waals surface area contributed by atoms with Crippen molar-refractivity contribution >= 4 is 5.97 Å². The van der Waals surface area contributed by atoms with Crippen molar-refractivity contribution in [3.05, 3.63) is 11.6 Å². The van der Waals surface area contributed by atoms with Crippen molar-refractivity contribution in [1.82, 2.24) is 0 Å². The number of esters is 1. The van der Waals surface area contributed by atoms with E-state index in [1.807, 2.05) is 5.57 Å². The van der Waals surface area contributed by atoms with E-state index in [-0.39, 0.29) is 12.1 Å². The van der Waals surface area contributed by atoms with Crippen LogP contribution in [0.4, 0.5) is 0 Å². The van der Waals surface area contributed by atoms with Crippen LogP contribution in [0.5, 0.6) is 0 Å². The molecule has 4 aliphatic rings. The van der Waals surface area contributed by atoms with Gasteiger partial charge >= 0.3 is 5.97 Å². The molecule has 3 fully saturated rings. The third-order valence-corrected chi connectivity index (χ3v) is 12.1. The average Bonchev–Trinajstić information content (AvgIpc) is 3.13. The second-order valence-electron chi connectivity index (χ2n) is 13.9. The minimum absolute atomic E-state index is 0.106.